The fourth-order valence-electron chi connectivity index (χ4n) is 2.00. The zero-order valence-electron chi connectivity index (χ0n) is 13.6. The Labute approximate surface area is 156 Å². The number of rotatable bonds is 6. The average molecular weight is 402 g/mol. The smallest absolute Gasteiger partial charge is 0.265 e. The van der Waals surface area contributed by atoms with Crippen molar-refractivity contribution in [1.82, 2.24) is 0 Å². The first-order chi connectivity index (χ1) is 11.7. The quantitative estimate of drug-likeness (QED) is 0.787. The maximum atomic E-state index is 12.3. The van der Waals surface area contributed by atoms with Gasteiger partial charge < -0.3 is 10.1 Å². The van der Waals surface area contributed by atoms with Crippen molar-refractivity contribution in [3.8, 4) is 5.75 Å². The summed E-state index contributed by atoms with van der Waals surface area (Å²) in [7, 11) is -3.35. The first-order valence-corrected chi connectivity index (χ1v) is 9.89. The number of carbonyl (C=O) groups is 1. The van der Waals surface area contributed by atoms with Crippen LogP contribution in [0.1, 0.15) is 13.8 Å². The zero-order valence-corrected chi connectivity index (χ0v) is 16.0. The van der Waals surface area contributed by atoms with Crippen LogP contribution in [0.25, 0.3) is 0 Å². The van der Waals surface area contributed by atoms with Gasteiger partial charge >= 0.3 is 0 Å². The van der Waals surface area contributed by atoms with Crippen LogP contribution in [0.2, 0.25) is 10.0 Å². The molecule has 0 saturated carbocycles. The highest BCUT2D eigenvalue weighted by molar-refractivity contribution is 7.91. The second-order valence-electron chi connectivity index (χ2n) is 5.23. The van der Waals surface area contributed by atoms with Gasteiger partial charge in [0.25, 0.3) is 5.91 Å². The Bertz CT molecular complexity index is 884. The number of ether oxygens (including phenoxy) is 1. The average Bonchev–Trinajstić information content (AvgIpc) is 2.59. The molecule has 1 unspecified atom stereocenters. The lowest BCUT2D eigenvalue weighted by Crippen LogP contribution is -2.30. The molecule has 0 aliphatic heterocycles. The molecule has 134 valence electrons. The third kappa shape index (κ3) is 4.87. The molecule has 0 heterocycles. The lowest BCUT2D eigenvalue weighted by molar-refractivity contribution is -0.122. The number of sulfone groups is 1. The molecule has 0 radical (unpaired) electrons. The molecule has 25 heavy (non-hydrogen) atoms. The molecule has 1 amide bonds. The fourth-order valence-corrected chi connectivity index (χ4v) is 3.26. The minimum Gasteiger partial charge on any atom is -0.479 e. The highest BCUT2D eigenvalue weighted by Crippen LogP contribution is 2.32. The molecule has 0 bridgehead atoms. The Kier molecular flexibility index (Phi) is 6.32. The van der Waals surface area contributed by atoms with Crippen molar-refractivity contribution in [2.75, 3.05) is 11.1 Å². The van der Waals surface area contributed by atoms with Gasteiger partial charge in [0.15, 0.2) is 15.9 Å². The molecule has 2 aromatic carbocycles. The molecule has 8 heteroatoms. The molecule has 0 aromatic heterocycles. The van der Waals surface area contributed by atoms with E-state index in [2.05, 4.69) is 5.32 Å². The lowest BCUT2D eigenvalue weighted by atomic mass is 10.3. The minimum absolute atomic E-state index is 0.0167. The van der Waals surface area contributed by atoms with Gasteiger partial charge in [0.05, 0.1) is 15.7 Å². The fraction of sp³-hybridized carbons (Fsp3) is 0.235. The predicted molar refractivity (Wildman–Crippen MR) is 99.4 cm³/mol. The first kappa shape index (κ1) is 19.6. The van der Waals surface area contributed by atoms with E-state index in [1.54, 1.807) is 44.2 Å². The number of halogens is 2. The minimum atomic E-state index is -3.35. The number of nitrogens with one attached hydrogen (secondary N) is 1. The molecule has 1 N–H and O–H groups in total. The number of hydrogen-bond donors (Lipinski definition) is 1. The zero-order chi connectivity index (χ0) is 18.6. The van der Waals surface area contributed by atoms with E-state index in [-0.39, 0.29) is 15.7 Å². The number of hydrogen-bond acceptors (Lipinski definition) is 4. The molecule has 1 atom stereocenters. The van der Waals surface area contributed by atoms with Crippen LogP contribution < -0.4 is 10.1 Å². The van der Waals surface area contributed by atoms with Gasteiger partial charge in [-0.15, -0.1) is 0 Å². The summed E-state index contributed by atoms with van der Waals surface area (Å²) in [6, 6.07) is 10.9. The largest absolute Gasteiger partial charge is 0.479 e. The van der Waals surface area contributed by atoms with E-state index in [0.29, 0.717) is 16.5 Å². The van der Waals surface area contributed by atoms with E-state index in [4.69, 9.17) is 27.9 Å². The third-order valence-corrected chi connectivity index (χ3v) is 5.96. The molecule has 0 spiro atoms. The summed E-state index contributed by atoms with van der Waals surface area (Å²) in [6.07, 6.45) is -0.859. The molecule has 0 aliphatic carbocycles. The topological polar surface area (TPSA) is 72.5 Å². The number of carbonyl (C=O) groups excluding carboxylic acids is 1. The van der Waals surface area contributed by atoms with E-state index < -0.39 is 21.8 Å². The van der Waals surface area contributed by atoms with Crippen molar-refractivity contribution in [3.63, 3.8) is 0 Å². The summed E-state index contributed by atoms with van der Waals surface area (Å²) >= 11 is 11.9. The summed E-state index contributed by atoms with van der Waals surface area (Å²) in [4.78, 5) is 12.4. The Balaban J connectivity index is 2.11. The Morgan fingerprint density at radius 1 is 1.20 bits per heavy atom. The summed E-state index contributed by atoms with van der Waals surface area (Å²) in [5.41, 5.74) is 0.368. The number of anilines is 1. The maximum Gasteiger partial charge on any atom is 0.265 e. The highest BCUT2D eigenvalue weighted by Gasteiger charge is 2.18. The summed E-state index contributed by atoms with van der Waals surface area (Å²) < 4.78 is 29.4. The van der Waals surface area contributed by atoms with Crippen LogP contribution in [0.5, 0.6) is 5.75 Å². The molecule has 2 aromatic rings. The molecule has 5 nitrogen and oxygen atoms in total. The lowest BCUT2D eigenvalue weighted by Gasteiger charge is -2.16. The van der Waals surface area contributed by atoms with Crippen molar-refractivity contribution in [2.24, 2.45) is 0 Å². The van der Waals surface area contributed by atoms with Gasteiger partial charge in [-0.05, 0) is 37.3 Å². The van der Waals surface area contributed by atoms with Crippen LogP contribution in [0, 0.1) is 0 Å². The summed E-state index contributed by atoms with van der Waals surface area (Å²) in [5, 5.41) is 3.17. The number of amides is 1. The van der Waals surface area contributed by atoms with Gasteiger partial charge in [0, 0.05) is 5.69 Å². The van der Waals surface area contributed by atoms with E-state index >= 15 is 0 Å². The van der Waals surface area contributed by atoms with E-state index in [9.17, 15) is 13.2 Å². The van der Waals surface area contributed by atoms with Crippen molar-refractivity contribution < 1.29 is 17.9 Å². The first-order valence-electron chi connectivity index (χ1n) is 7.49. The van der Waals surface area contributed by atoms with Crippen LogP contribution >= 0.6 is 23.2 Å². The van der Waals surface area contributed by atoms with Gasteiger partial charge in [-0.2, -0.15) is 0 Å². The monoisotopic (exact) mass is 401 g/mol. The summed E-state index contributed by atoms with van der Waals surface area (Å²) in [5.74, 6) is -0.168. The normalized spacial score (nSPS) is 12.5. The van der Waals surface area contributed by atoms with Crippen molar-refractivity contribution in [2.45, 2.75) is 24.8 Å². The van der Waals surface area contributed by atoms with Crippen molar-refractivity contribution >= 4 is 44.6 Å². The summed E-state index contributed by atoms with van der Waals surface area (Å²) in [6.45, 7) is 3.12. The Hall–Kier alpha value is -1.76. The van der Waals surface area contributed by atoms with Crippen molar-refractivity contribution in [1.29, 1.82) is 0 Å². The van der Waals surface area contributed by atoms with Gasteiger partial charge in [0.2, 0.25) is 0 Å². The number of benzene rings is 2. The third-order valence-electron chi connectivity index (χ3n) is 3.43. The molecule has 0 aliphatic rings. The maximum absolute atomic E-state index is 12.3. The van der Waals surface area contributed by atoms with Gasteiger partial charge in [0.1, 0.15) is 10.8 Å². The highest BCUT2D eigenvalue weighted by atomic mass is 35.5. The van der Waals surface area contributed by atoms with E-state index in [1.807, 2.05) is 0 Å². The van der Waals surface area contributed by atoms with Crippen LogP contribution in [0.3, 0.4) is 0 Å². The molecular formula is C17H17Cl2NO4S. The molecule has 0 fully saturated rings. The van der Waals surface area contributed by atoms with Crippen LogP contribution in [-0.4, -0.2) is 26.2 Å². The molecule has 0 saturated heterocycles. The van der Waals surface area contributed by atoms with E-state index in [1.165, 1.54) is 12.1 Å². The van der Waals surface area contributed by atoms with Crippen LogP contribution in [-0.2, 0) is 14.6 Å². The second-order valence-corrected chi connectivity index (χ2v) is 8.30. The standard InChI is InChI=1S/C17H17Cl2NO4S/c1-3-25(22,23)13-7-4-6-12(10-13)20-17(21)11(2)24-15-9-5-8-14(18)16(15)19/h4-11H,3H2,1-2H3,(H,20,21). The van der Waals surface area contributed by atoms with Gasteiger partial charge in [-0.25, -0.2) is 8.42 Å². The van der Waals surface area contributed by atoms with Crippen molar-refractivity contribution in [3.05, 3.63) is 52.5 Å². The molecule has 2 rings (SSSR count). The van der Waals surface area contributed by atoms with Crippen LogP contribution in [0.15, 0.2) is 47.4 Å². The predicted octanol–water partition coefficient (Wildman–Crippen LogP) is 4.19. The Morgan fingerprint density at radius 2 is 1.88 bits per heavy atom. The second kappa shape index (κ2) is 8.08. The SMILES string of the molecule is CCS(=O)(=O)c1cccc(NC(=O)C(C)Oc2cccc(Cl)c2Cl)c1. The van der Waals surface area contributed by atoms with Crippen LogP contribution in [0.4, 0.5) is 5.69 Å². The van der Waals surface area contributed by atoms with Gasteiger partial charge in [-0.3, -0.25) is 4.79 Å². The van der Waals surface area contributed by atoms with Gasteiger partial charge in [-0.1, -0.05) is 42.3 Å². The molecular weight excluding hydrogens is 385 g/mol. The Morgan fingerprint density at radius 3 is 2.56 bits per heavy atom. The van der Waals surface area contributed by atoms with E-state index in [0.717, 1.165) is 0 Å².